The molecule has 1 aliphatic heterocycles. The number of benzene rings is 1. The van der Waals surface area contributed by atoms with Crippen molar-refractivity contribution in [3.05, 3.63) is 72.6 Å². The number of aromatic amines is 1. The molecule has 4 heterocycles. The summed E-state index contributed by atoms with van der Waals surface area (Å²) < 4.78 is 0. The van der Waals surface area contributed by atoms with Crippen LogP contribution in [0.2, 0.25) is 0 Å². The largest absolute Gasteiger partial charge is 0.339 e. The van der Waals surface area contributed by atoms with Gasteiger partial charge in [0, 0.05) is 47.4 Å². The van der Waals surface area contributed by atoms with E-state index in [0.717, 1.165) is 52.9 Å². The molecule has 0 radical (unpaired) electrons. The topological polar surface area (TPSA) is 87.9 Å². The molecule has 6 rings (SSSR count). The summed E-state index contributed by atoms with van der Waals surface area (Å²) in [7, 11) is 0. The maximum Gasteiger partial charge on any atom is 0.272 e. The van der Waals surface area contributed by atoms with Gasteiger partial charge in [-0.1, -0.05) is 36.4 Å². The summed E-state index contributed by atoms with van der Waals surface area (Å²) in [6.07, 6.45) is 4.05. The van der Waals surface area contributed by atoms with Crippen LogP contribution in [0.4, 0.5) is 0 Å². The van der Waals surface area contributed by atoms with E-state index in [1.807, 2.05) is 35.2 Å². The van der Waals surface area contributed by atoms with E-state index >= 15 is 0 Å². The number of carbonyl (C=O) groups is 1. The van der Waals surface area contributed by atoms with Crippen LogP contribution in [0.25, 0.3) is 33.5 Å². The van der Waals surface area contributed by atoms with Gasteiger partial charge >= 0.3 is 0 Å². The molecule has 1 aromatic carbocycles. The van der Waals surface area contributed by atoms with Gasteiger partial charge in [-0.3, -0.25) is 4.79 Å². The molecule has 6 heteroatoms. The number of rotatable bonds is 3. The molecule has 1 atom stereocenters. The molecule has 154 valence electrons. The van der Waals surface area contributed by atoms with Crippen molar-refractivity contribution in [3.8, 4) is 22.5 Å². The van der Waals surface area contributed by atoms with Crippen molar-refractivity contribution in [1.29, 1.82) is 0 Å². The van der Waals surface area contributed by atoms with Crippen LogP contribution in [-0.2, 0) is 0 Å². The van der Waals surface area contributed by atoms with Gasteiger partial charge in [0.2, 0.25) is 0 Å². The Morgan fingerprint density at radius 3 is 2.68 bits per heavy atom. The molecule has 1 spiro atoms. The van der Waals surface area contributed by atoms with Crippen molar-refractivity contribution in [1.82, 2.24) is 19.9 Å². The first kappa shape index (κ1) is 18.3. The molecule has 0 bridgehead atoms. The highest BCUT2D eigenvalue weighted by Gasteiger charge is 2.54. The average molecular weight is 409 g/mol. The number of nitrogens with two attached hydrogens (primary N) is 1. The highest BCUT2D eigenvalue weighted by Crippen LogP contribution is 2.52. The highest BCUT2D eigenvalue weighted by atomic mass is 16.2. The third-order valence-corrected chi connectivity index (χ3v) is 6.71. The predicted molar refractivity (Wildman–Crippen MR) is 120 cm³/mol. The minimum atomic E-state index is -0.0388. The van der Waals surface area contributed by atoms with Crippen molar-refractivity contribution in [2.45, 2.75) is 18.9 Å². The second-order valence-corrected chi connectivity index (χ2v) is 8.77. The molecule has 3 aromatic heterocycles. The van der Waals surface area contributed by atoms with Gasteiger partial charge in [0.25, 0.3) is 5.91 Å². The Morgan fingerprint density at radius 2 is 1.90 bits per heavy atom. The highest BCUT2D eigenvalue weighted by molar-refractivity contribution is 5.93. The Bertz CT molecular complexity index is 1290. The number of likely N-dealkylation sites (tertiary alicyclic amines) is 1. The van der Waals surface area contributed by atoms with Gasteiger partial charge in [-0.2, -0.15) is 0 Å². The molecule has 2 aliphatic rings. The first-order valence-corrected chi connectivity index (χ1v) is 10.7. The SMILES string of the molecule is N[C@@H]1CN(C(=O)c2cccc(-c3cnc4[nH]c(-c5ccccc5)cc4c3)n2)CC12CC2. The van der Waals surface area contributed by atoms with Crippen LogP contribution < -0.4 is 5.73 Å². The van der Waals surface area contributed by atoms with Gasteiger partial charge in [0.15, 0.2) is 0 Å². The van der Waals surface area contributed by atoms with E-state index in [2.05, 4.69) is 39.2 Å². The molecule has 3 N–H and O–H groups in total. The zero-order valence-electron chi connectivity index (χ0n) is 17.1. The Labute approximate surface area is 180 Å². The van der Waals surface area contributed by atoms with Crippen LogP contribution in [-0.4, -0.2) is 44.9 Å². The van der Waals surface area contributed by atoms with Crippen LogP contribution in [0.3, 0.4) is 0 Å². The molecular weight excluding hydrogens is 386 g/mol. The summed E-state index contributed by atoms with van der Waals surface area (Å²) in [5.41, 5.74) is 11.5. The minimum absolute atomic E-state index is 0.0388. The fraction of sp³-hybridized carbons (Fsp3) is 0.240. The van der Waals surface area contributed by atoms with Crippen LogP contribution >= 0.6 is 0 Å². The number of hydrogen-bond donors (Lipinski definition) is 2. The number of aromatic nitrogens is 3. The standard InChI is InChI=1S/C25H23N5O/c26-22-14-30(15-25(22)9-10-25)24(31)20-8-4-7-19(28-20)18-11-17-12-21(29-23(17)27-13-18)16-5-2-1-3-6-16/h1-8,11-13,22H,9-10,14-15,26H2,(H,27,29)/t22-/m1/s1. The Balaban J connectivity index is 1.30. The molecule has 4 aromatic rings. The minimum Gasteiger partial charge on any atom is -0.339 e. The molecule has 2 fully saturated rings. The zero-order valence-corrected chi connectivity index (χ0v) is 17.1. The van der Waals surface area contributed by atoms with E-state index in [-0.39, 0.29) is 17.4 Å². The van der Waals surface area contributed by atoms with E-state index in [9.17, 15) is 4.79 Å². The molecule has 1 aliphatic carbocycles. The van der Waals surface area contributed by atoms with Crippen LogP contribution in [0.5, 0.6) is 0 Å². The summed E-state index contributed by atoms with van der Waals surface area (Å²) in [5, 5.41) is 1.01. The molecule has 0 unspecified atom stereocenters. The normalized spacial score (nSPS) is 19.3. The average Bonchev–Trinajstić information content (AvgIpc) is 3.35. The molecule has 1 saturated carbocycles. The van der Waals surface area contributed by atoms with Crippen molar-refractivity contribution >= 4 is 16.9 Å². The smallest absolute Gasteiger partial charge is 0.272 e. The number of pyridine rings is 2. The van der Waals surface area contributed by atoms with Crippen LogP contribution in [0, 0.1) is 5.41 Å². The first-order chi connectivity index (χ1) is 15.1. The summed E-state index contributed by atoms with van der Waals surface area (Å²) >= 11 is 0. The van der Waals surface area contributed by atoms with E-state index < -0.39 is 0 Å². The van der Waals surface area contributed by atoms with Crippen molar-refractivity contribution in [3.63, 3.8) is 0 Å². The van der Waals surface area contributed by atoms with E-state index in [1.165, 1.54) is 0 Å². The maximum atomic E-state index is 13.1. The Kier molecular flexibility index (Phi) is 3.98. The maximum absolute atomic E-state index is 13.1. The number of amides is 1. The zero-order chi connectivity index (χ0) is 21.0. The van der Waals surface area contributed by atoms with E-state index in [4.69, 9.17) is 5.73 Å². The predicted octanol–water partition coefficient (Wildman–Crippen LogP) is 3.86. The number of hydrogen-bond acceptors (Lipinski definition) is 4. The third kappa shape index (κ3) is 3.11. The van der Waals surface area contributed by atoms with Crippen LogP contribution in [0.1, 0.15) is 23.3 Å². The van der Waals surface area contributed by atoms with Gasteiger partial charge in [-0.05, 0) is 42.7 Å². The number of carbonyl (C=O) groups excluding carboxylic acids is 1. The van der Waals surface area contributed by atoms with Crippen molar-refractivity contribution in [2.75, 3.05) is 13.1 Å². The lowest BCUT2D eigenvalue weighted by atomic mass is 10.0. The summed E-state index contributed by atoms with van der Waals surface area (Å²) in [6.45, 7) is 1.36. The molecule has 1 amide bonds. The lowest BCUT2D eigenvalue weighted by Gasteiger charge is -2.16. The summed E-state index contributed by atoms with van der Waals surface area (Å²) in [4.78, 5) is 27.5. The summed E-state index contributed by atoms with van der Waals surface area (Å²) in [5.74, 6) is -0.0388. The fourth-order valence-corrected chi connectivity index (χ4v) is 4.64. The van der Waals surface area contributed by atoms with E-state index in [0.29, 0.717) is 12.2 Å². The number of H-pyrrole nitrogens is 1. The Hall–Kier alpha value is -3.51. The van der Waals surface area contributed by atoms with Crippen LogP contribution in [0.15, 0.2) is 66.9 Å². The fourth-order valence-electron chi connectivity index (χ4n) is 4.64. The van der Waals surface area contributed by atoms with Crippen molar-refractivity contribution < 1.29 is 4.79 Å². The molecule has 31 heavy (non-hydrogen) atoms. The second-order valence-electron chi connectivity index (χ2n) is 8.77. The number of nitrogens with one attached hydrogen (secondary N) is 1. The second kappa shape index (κ2) is 6.75. The van der Waals surface area contributed by atoms with Gasteiger partial charge in [-0.15, -0.1) is 0 Å². The van der Waals surface area contributed by atoms with Gasteiger partial charge in [0.05, 0.1) is 5.69 Å². The van der Waals surface area contributed by atoms with Crippen molar-refractivity contribution in [2.24, 2.45) is 11.1 Å². The third-order valence-electron chi connectivity index (χ3n) is 6.71. The monoisotopic (exact) mass is 409 g/mol. The molecule has 6 nitrogen and oxygen atoms in total. The lowest BCUT2D eigenvalue weighted by Crippen LogP contribution is -2.33. The summed E-state index contributed by atoms with van der Waals surface area (Å²) in [6, 6.07) is 20.0. The quantitative estimate of drug-likeness (QED) is 0.538. The van der Waals surface area contributed by atoms with Gasteiger partial charge in [0.1, 0.15) is 11.3 Å². The number of fused-ring (bicyclic) bond motifs is 1. The van der Waals surface area contributed by atoms with Gasteiger partial charge in [-0.25, -0.2) is 9.97 Å². The van der Waals surface area contributed by atoms with Gasteiger partial charge < -0.3 is 15.6 Å². The number of nitrogens with zero attached hydrogens (tertiary/aromatic N) is 3. The lowest BCUT2D eigenvalue weighted by molar-refractivity contribution is 0.0778. The molecule has 1 saturated heterocycles. The first-order valence-electron chi connectivity index (χ1n) is 10.7. The van der Waals surface area contributed by atoms with E-state index in [1.54, 1.807) is 12.3 Å². The molecular formula is C25H23N5O. The Morgan fingerprint density at radius 1 is 1.06 bits per heavy atom.